The number of aliphatic imine (C=N–C) groups is 1. The van der Waals surface area contributed by atoms with Gasteiger partial charge in [-0.05, 0) is 19.8 Å². The number of ether oxygens (including phenoxy) is 1. The predicted molar refractivity (Wildman–Crippen MR) is 60.8 cm³/mol. The number of aliphatic hydroxyl groups excluding tert-OH is 1. The van der Waals surface area contributed by atoms with Gasteiger partial charge in [-0.2, -0.15) is 0 Å². The van der Waals surface area contributed by atoms with Gasteiger partial charge in [0.15, 0.2) is 0 Å². The molecule has 16 heavy (non-hydrogen) atoms. The highest BCUT2D eigenvalue weighted by atomic mass is 16.5. The summed E-state index contributed by atoms with van der Waals surface area (Å²) in [6.07, 6.45) is 2.15. The monoisotopic (exact) mass is 228 g/mol. The molecule has 1 heterocycles. The molecular weight excluding hydrogens is 208 g/mol. The summed E-state index contributed by atoms with van der Waals surface area (Å²) < 4.78 is 5.47. The van der Waals surface area contributed by atoms with Crippen LogP contribution in [-0.2, 0) is 4.74 Å². The molecule has 0 aromatic carbocycles. The Bertz CT molecular complexity index is 268. The van der Waals surface area contributed by atoms with Crippen molar-refractivity contribution in [1.82, 2.24) is 10.3 Å². The van der Waals surface area contributed by atoms with Crippen LogP contribution in [0.4, 0.5) is 0 Å². The molecule has 2 unspecified atom stereocenters. The molecule has 6 heteroatoms. The minimum absolute atomic E-state index is 0.0322. The Labute approximate surface area is 95.4 Å². The van der Waals surface area contributed by atoms with Gasteiger partial charge in [0.1, 0.15) is 0 Å². The van der Waals surface area contributed by atoms with Crippen molar-refractivity contribution in [3.63, 3.8) is 0 Å². The molecule has 0 radical (unpaired) electrons. The minimum atomic E-state index is -0.144. The fourth-order valence-corrected chi connectivity index (χ4v) is 1.79. The van der Waals surface area contributed by atoms with Crippen molar-refractivity contribution in [3.8, 4) is 0 Å². The Hall–Kier alpha value is -0.850. The number of hydrogen-bond donors (Lipinski definition) is 3. The molecular formula is C10H20N4O2. The van der Waals surface area contributed by atoms with Crippen molar-refractivity contribution in [2.75, 3.05) is 19.8 Å². The van der Waals surface area contributed by atoms with Crippen molar-refractivity contribution < 1.29 is 9.84 Å². The van der Waals surface area contributed by atoms with Gasteiger partial charge in [-0.25, -0.2) is 10.8 Å². The van der Waals surface area contributed by atoms with E-state index in [1.54, 1.807) is 0 Å². The highest BCUT2D eigenvalue weighted by molar-refractivity contribution is 5.80. The first kappa shape index (κ1) is 11.6. The summed E-state index contributed by atoms with van der Waals surface area (Å²) in [6, 6.07) is 0.657. The topological polar surface area (TPSA) is 83.1 Å². The zero-order chi connectivity index (χ0) is 11.5. The second kappa shape index (κ2) is 4.99. The molecule has 1 saturated carbocycles. The number of aliphatic hydroxyl groups is 1. The number of nitrogens with one attached hydrogen (secondary N) is 1. The summed E-state index contributed by atoms with van der Waals surface area (Å²) in [6.45, 7) is 3.32. The second-order valence-corrected chi connectivity index (χ2v) is 4.47. The van der Waals surface area contributed by atoms with Crippen LogP contribution in [0.3, 0.4) is 0 Å². The van der Waals surface area contributed by atoms with E-state index in [-0.39, 0.29) is 18.8 Å². The number of nitrogens with two attached hydrogens (primary N) is 1. The number of rotatable bonds is 2. The van der Waals surface area contributed by atoms with E-state index in [2.05, 4.69) is 22.2 Å². The largest absolute Gasteiger partial charge is 0.394 e. The molecule has 2 rings (SSSR count). The van der Waals surface area contributed by atoms with Gasteiger partial charge in [0, 0.05) is 6.54 Å². The van der Waals surface area contributed by atoms with Gasteiger partial charge in [-0.3, -0.25) is 5.43 Å². The van der Waals surface area contributed by atoms with Crippen LogP contribution in [0.2, 0.25) is 0 Å². The first-order valence-corrected chi connectivity index (χ1v) is 5.78. The van der Waals surface area contributed by atoms with Crippen LogP contribution < -0.4 is 11.3 Å². The molecule has 4 N–H and O–H groups in total. The van der Waals surface area contributed by atoms with Crippen LogP contribution in [-0.4, -0.2) is 53.9 Å². The summed E-state index contributed by atoms with van der Waals surface area (Å²) in [5, 5.41) is 9.10. The van der Waals surface area contributed by atoms with Gasteiger partial charge in [0.05, 0.1) is 31.4 Å². The smallest absolute Gasteiger partial charge is 0.209 e. The molecule has 2 atom stereocenters. The first-order chi connectivity index (χ1) is 7.74. The first-order valence-electron chi connectivity index (χ1n) is 5.78. The standard InChI is InChI=1S/C10H20N4O2/c1-7-6-16-9(5-15)4-14(7)10(13-11)12-8-2-3-8/h7-9,15H,2-6,11H2,1H3,(H,12,13). The average molecular weight is 228 g/mol. The molecule has 92 valence electrons. The van der Waals surface area contributed by atoms with Gasteiger partial charge >= 0.3 is 0 Å². The van der Waals surface area contributed by atoms with Crippen LogP contribution in [0.15, 0.2) is 4.99 Å². The lowest BCUT2D eigenvalue weighted by Gasteiger charge is -2.38. The summed E-state index contributed by atoms with van der Waals surface area (Å²) >= 11 is 0. The number of nitrogens with zero attached hydrogens (tertiary/aromatic N) is 2. The zero-order valence-corrected chi connectivity index (χ0v) is 9.59. The Morgan fingerprint density at radius 1 is 1.62 bits per heavy atom. The summed E-state index contributed by atoms with van der Waals surface area (Å²) in [5.41, 5.74) is 2.66. The number of morpholine rings is 1. The minimum Gasteiger partial charge on any atom is -0.394 e. The Morgan fingerprint density at radius 2 is 2.38 bits per heavy atom. The lowest BCUT2D eigenvalue weighted by atomic mass is 10.2. The molecule has 1 aliphatic carbocycles. The maximum absolute atomic E-state index is 9.10. The summed E-state index contributed by atoms with van der Waals surface area (Å²) in [5.74, 6) is 6.22. The van der Waals surface area contributed by atoms with Gasteiger partial charge in [-0.15, -0.1) is 0 Å². The molecule has 2 aliphatic rings. The Balaban J connectivity index is 2.03. The lowest BCUT2D eigenvalue weighted by Crippen LogP contribution is -2.57. The van der Waals surface area contributed by atoms with Crippen molar-refractivity contribution in [1.29, 1.82) is 0 Å². The zero-order valence-electron chi connectivity index (χ0n) is 9.59. The van der Waals surface area contributed by atoms with E-state index in [1.165, 1.54) is 0 Å². The highest BCUT2D eigenvalue weighted by Crippen LogP contribution is 2.24. The molecule has 0 spiro atoms. The van der Waals surface area contributed by atoms with Gasteiger partial charge in [0.2, 0.25) is 5.96 Å². The van der Waals surface area contributed by atoms with Crippen molar-refractivity contribution >= 4 is 5.96 Å². The van der Waals surface area contributed by atoms with Gasteiger partial charge in [0.25, 0.3) is 0 Å². The molecule has 2 fully saturated rings. The average Bonchev–Trinajstić information content (AvgIpc) is 3.11. The number of hydrazine groups is 1. The fraction of sp³-hybridized carbons (Fsp3) is 0.900. The highest BCUT2D eigenvalue weighted by Gasteiger charge is 2.30. The Morgan fingerprint density at radius 3 is 2.94 bits per heavy atom. The van der Waals surface area contributed by atoms with Crippen molar-refractivity contribution in [2.24, 2.45) is 10.8 Å². The van der Waals surface area contributed by atoms with Crippen LogP contribution in [0.25, 0.3) is 0 Å². The molecule has 0 amide bonds. The van der Waals surface area contributed by atoms with Gasteiger partial charge < -0.3 is 14.7 Å². The van der Waals surface area contributed by atoms with E-state index < -0.39 is 0 Å². The van der Waals surface area contributed by atoms with E-state index in [1.807, 2.05) is 0 Å². The molecule has 0 bridgehead atoms. The van der Waals surface area contributed by atoms with Crippen LogP contribution >= 0.6 is 0 Å². The molecule has 0 aromatic rings. The number of guanidine groups is 1. The summed E-state index contributed by atoms with van der Waals surface area (Å²) in [4.78, 5) is 6.59. The third-order valence-corrected chi connectivity index (χ3v) is 2.96. The second-order valence-electron chi connectivity index (χ2n) is 4.47. The van der Waals surface area contributed by atoms with Gasteiger partial charge in [-0.1, -0.05) is 0 Å². The van der Waals surface area contributed by atoms with Crippen molar-refractivity contribution in [2.45, 2.75) is 38.0 Å². The molecule has 1 saturated heterocycles. The van der Waals surface area contributed by atoms with Crippen molar-refractivity contribution in [3.05, 3.63) is 0 Å². The maximum atomic E-state index is 9.10. The SMILES string of the molecule is CC1COC(CO)CN1C(=NC1CC1)NN. The van der Waals surface area contributed by atoms with E-state index >= 15 is 0 Å². The quantitative estimate of drug-likeness (QED) is 0.246. The van der Waals surface area contributed by atoms with E-state index in [4.69, 9.17) is 15.7 Å². The van der Waals surface area contributed by atoms with E-state index in [9.17, 15) is 0 Å². The van der Waals surface area contributed by atoms with Crippen LogP contribution in [0.1, 0.15) is 19.8 Å². The van der Waals surface area contributed by atoms with Crippen LogP contribution in [0, 0.1) is 0 Å². The summed E-state index contributed by atoms with van der Waals surface area (Å²) in [7, 11) is 0. The predicted octanol–water partition coefficient (Wildman–Crippen LogP) is -0.950. The normalized spacial score (nSPS) is 31.7. The van der Waals surface area contributed by atoms with Crippen LogP contribution in [0.5, 0.6) is 0 Å². The third-order valence-electron chi connectivity index (χ3n) is 2.96. The number of hydrogen-bond acceptors (Lipinski definition) is 4. The van der Waals surface area contributed by atoms with E-state index in [0.717, 1.165) is 18.8 Å². The fourth-order valence-electron chi connectivity index (χ4n) is 1.79. The molecule has 1 aliphatic heterocycles. The van der Waals surface area contributed by atoms with E-state index in [0.29, 0.717) is 19.2 Å². The Kier molecular flexibility index (Phi) is 3.63. The third kappa shape index (κ3) is 2.63. The lowest BCUT2D eigenvalue weighted by molar-refractivity contribution is -0.0570. The molecule has 6 nitrogen and oxygen atoms in total. The maximum Gasteiger partial charge on any atom is 0.209 e. The molecule has 0 aromatic heterocycles.